The van der Waals surface area contributed by atoms with E-state index < -0.39 is 0 Å². The molecule has 34 heavy (non-hydrogen) atoms. The molecule has 2 aliphatic heterocycles. The fourth-order valence-electron chi connectivity index (χ4n) is 5.94. The molecular formula is C27H36ClN3O2S. The molecule has 7 heteroatoms. The van der Waals surface area contributed by atoms with E-state index in [9.17, 15) is 0 Å². The molecule has 0 bridgehead atoms. The van der Waals surface area contributed by atoms with Crippen molar-refractivity contribution in [2.75, 3.05) is 19.9 Å². The van der Waals surface area contributed by atoms with Gasteiger partial charge in [-0.1, -0.05) is 49.7 Å². The van der Waals surface area contributed by atoms with Crippen molar-refractivity contribution < 1.29 is 9.47 Å². The van der Waals surface area contributed by atoms with Gasteiger partial charge in [0.2, 0.25) is 6.79 Å². The number of unbranched alkanes of at least 4 members (excludes halogenated alkanes) is 1. The summed E-state index contributed by atoms with van der Waals surface area (Å²) in [7, 11) is 0. The zero-order chi connectivity index (χ0) is 22.7. The summed E-state index contributed by atoms with van der Waals surface area (Å²) in [6, 6.07) is 18.3. The quantitative estimate of drug-likeness (QED) is 0.403. The zero-order valence-corrected chi connectivity index (χ0v) is 21.6. The number of likely N-dealkylation sites (tertiary alicyclic amines) is 1. The molecule has 3 aliphatic rings. The van der Waals surface area contributed by atoms with Crippen LogP contribution in [0.4, 0.5) is 0 Å². The van der Waals surface area contributed by atoms with Gasteiger partial charge < -0.3 is 20.1 Å². The summed E-state index contributed by atoms with van der Waals surface area (Å²) in [5.74, 6) is 1.76. The van der Waals surface area contributed by atoms with Gasteiger partial charge in [-0.05, 0) is 74.1 Å². The SMILES string of the molecule is CCCCNC(=S)NC1CCC2(c3ccc4c(c3)OCO4)CCN(Cc3ccccc3)C2C1.Cl. The van der Waals surface area contributed by atoms with Crippen LogP contribution in [0.1, 0.15) is 56.6 Å². The molecule has 3 atom stereocenters. The van der Waals surface area contributed by atoms with Gasteiger partial charge in [0.05, 0.1) is 0 Å². The van der Waals surface area contributed by atoms with E-state index in [1.54, 1.807) is 0 Å². The Morgan fingerprint density at radius 3 is 2.76 bits per heavy atom. The fraction of sp³-hybridized carbons (Fsp3) is 0.519. The highest BCUT2D eigenvalue weighted by Crippen LogP contribution is 2.51. The number of benzene rings is 2. The number of ether oxygens (including phenoxy) is 2. The number of nitrogens with one attached hydrogen (secondary N) is 2. The van der Waals surface area contributed by atoms with Crippen LogP contribution in [0.5, 0.6) is 11.5 Å². The van der Waals surface area contributed by atoms with Crippen LogP contribution < -0.4 is 20.1 Å². The molecule has 0 amide bonds. The summed E-state index contributed by atoms with van der Waals surface area (Å²) < 4.78 is 11.3. The highest BCUT2D eigenvalue weighted by atomic mass is 35.5. The van der Waals surface area contributed by atoms with E-state index in [1.165, 1.54) is 24.0 Å². The highest BCUT2D eigenvalue weighted by Gasteiger charge is 2.51. The van der Waals surface area contributed by atoms with Crippen molar-refractivity contribution in [3.05, 3.63) is 59.7 Å². The Morgan fingerprint density at radius 2 is 1.94 bits per heavy atom. The molecule has 1 saturated heterocycles. The lowest BCUT2D eigenvalue weighted by Crippen LogP contribution is -2.53. The van der Waals surface area contributed by atoms with Crippen molar-refractivity contribution in [1.29, 1.82) is 0 Å². The Kier molecular flexibility index (Phi) is 8.22. The molecule has 5 nitrogen and oxygen atoms in total. The molecule has 1 saturated carbocycles. The molecule has 184 valence electrons. The lowest BCUT2D eigenvalue weighted by molar-refractivity contribution is 0.134. The number of nitrogens with zero attached hydrogens (tertiary/aromatic N) is 1. The Bertz CT molecular complexity index is 976. The van der Waals surface area contributed by atoms with Crippen LogP contribution in [0.25, 0.3) is 0 Å². The third-order valence-corrected chi connectivity index (χ3v) is 7.96. The Labute approximate surface area is 215 Å². The van der Waals surface area contributed by atoms with Gasteiger partial charge >= 0.3 is 0 Å². The summed E-state index contributed by atoms with van der Waals surface area (Å²) in [5, 5.41) is 7.82. The predicted octanol–water partition coefficient (Wildman–Crippen LogP) is 5.17. The second-order valence-corrected chi connectivity index (χ2v) is 10.1. The number of hydrogen-bond donors (Lipinski definition) is 2. The van der Waals surface area contributed by atoms with E-state index in [-0.39, 0.29) is 17.8 Å². The van der Waals surface area contributed by atoms with Crippen molar-refractivity contribution in [3.63, 3.8) is 0 Å². The van der Waals surface area contributed by atoms with Gasteiger partial charge in [0.1, 0.15) is 0 Å². The van der Waals surface area contributed by atoms with Gasteiger partial charge in [-0.25, -0.2) is 0 Å². The normalized spacial score (nSPS) is 25.3. The average Bonchev–Trinajstić information content (AvgIpc) is 3.45. The molecule has 1 aliphatic carbocycles. The summed E-state index contributed by atoms with van der Waals surface area (Å²) >= 11 is 5.61. The minimum atomic E-state index is 0. The van der Waals surface area contributed by atoms with E-state index >= 15 is 0 Å². The fourth-order valence-corrected chi connectivity index (χ4v) is 6.21. The minimum Gasteiger partial charge on any atom is -0.454 e. The maximum absolute atomic E-state index is 5.74. The molecule has 2 heterocycles. The smallest absolute Gasteiger partial charge is 0.231 e. The monoisotopic (exact) mass is 501 g/mol. The van der Waals surface area contributed by atoms with Gasteiger partial charge in [-0.15, -0.1) is 12.4 Å². The van der Waals surface area contributed by atoms with Crippen molar-refractivity contribution in [3.8, 4) is 11.5 Å². The van der Waals surface area contributed by atoms with Crippen molar-refractivity contribution >= 4 is 29.7 Å². The number of halogens is 1. The number of rotatable bonds is 7. The molecule has 2 N–H and O–H groups in total. The first kappa shape index (κ1) is 25.1. The second kappa shape index (κ2) is 11.1. The molecule has 2 aromatic rings. The maximum Gasteiger partial charge on any atom is 0.231 e. The molecule has 2 fully saturated rings. The zero-order valence-electron chi connectivity index (χ0n) is 19.9. The van der Waals surface area contributed by atoms with Gasteiger partial charge in [0.15, 0.2) is 16.6 Å². The van der Waals surface area contributed by atoms with Crippen LogP contribution in [-0.4, -0.2) is 42.0 Å². The summed E-state index contributed by atoms with van der Waals surface area (Å²) in [5.41, 5.74) is 2.92. The predicted molar refractivity (Wildman–Crippen MR) is 143 cm³/mol. The molecule has 3 unspecified atom stereocenters. The van der Waals surface area contributed by atoms with Crippen LogP contribution in [-0.2, 0) is 12.0 Å². The van der Waals surface area contributed by atoms with Gasteiger partial charge in [-0.3, -0.25) is 4.90 Å². The third kappa shape index (κ3) is 5.14. The maximum atomic E-state index is 5.74. The van der Waals surface area contributed by atoms with Crippen LogP contribution >= 0.6 is 24.6 Å². The first-order valence-corrected chi connectivity index (χ1v) is 12.8. The van der Waals surface area contributed by atoms with Crippen molar-refractivity contribution in [2.45, 2.75) is 69.5 Å². The van der Waals surface area contributed by atoms with Crippen LogP contribution in [0.15, 0.2) is 48.5 Å². The number of fused-ring (bicyclic) bond motifs is 2. The van der Waals surface area contributed by atoms with E-state index in [1.807, 2.05) is 0 Å². The van der Waals surface area contributed by atoms with Crippen LogP contribution in [0, 0.1) is 0 Å². The Morgan fingerprint density at radius 1 is 1.12 bits per heavy atom. The van der Waals surface area contributed by atoms with E-state index in [2.05, 4.69) is 71.0 Å². The first-order valence-electron chi connectivity index (χ1n) is 12.4. The molecule has 2 aromatic carbocycles. The van der Waals surface area contributed by atoms with E-state index in [0.29, 0.717) is 18.9 Å². The average molecular weight is 502 g/mol. The largest absolute Gasteiger partial charge is 0.454 e. The number of thiocarbonyl (C=S) groups is 1. The highest BCUT2D eigenvalue weighted by molar-refractivity contribution is 7.80. The van der Waals surface area contributed by atoms with Crippen LogP contribution in [0.2, 0.25) is 0 Å². The molecule has 0 radical (unpaired) electrons. The number of hydrogen-bond acceptors (Lipinski definition) is 4. The lowest BCUT2D eigenvalue weighted by Gasteiger charge is -2.45. The lowest BCUT2D eigenvalue weighted by atomic mass is 9.65. The minimum absolute atomic E-state index is 0. The second-order valence-electron chi connectivity index (χ2n) is 9.67. The Hall–Kier alpha value is -2.02. The van der Waals surface area contributed by atoms with E-state index in [4.69, 9.17) is 21.7 Å². The summed E-state index contributed by atoms with van der Waals surface area (Å²) in [6.45, 7) is 5.57. The first-order chi connectivity index (χ1) is 16.2. The van der Waals surface area contributed by atoms with Crippen molar-refractivity contribution in [1.82, 2.24) is 15.5 Å². The summed E-state index contributed by atoms with van der Waals surface area (Å²) in [6.07, 6.45) is 6.87. The van der Waals surface area contributed by atoms with Gasteiger partial charge in [-0.2, -0.15) is 0 Å². The standard InChI is InChI=1S/C27H35N3O2S.ClH/c1-2-3-14-28-26(33)29-22-11-12-27(21-9-10-23-24(16-21)32-19-31-23)13-15-30(25(27)17-22)18-20-7-5-4-6-8-20;/h4-10,16,22,25H,2-3,11-15,17-19H2,1H3,(H2,28,29,33);1H. The Balaban J connectivity index is 0.00000274. The molecule has 0 spiro atoms. The molecule has 5 rings (SSSR count). The third-order valence-electron chi connectivity index (χ3n) is 7.70. The van der Waals surface area contributed by atoms with Crippen molar-refractivity contribution in [2.24, 2.45) is 0 Å². The molecular weight excluding hydrogens is 466 g/mol. The summed E-state index contributed by atoms with van der Waals surface area (Å²) in [4.78, 5) is 2.70. The molecule has 0 aromatic heterocycles. The topological polar surface area (TPSA) is 45.8 Å². The van der Waals surface area contributed by atoms with E-state index in [0.717, 1.165) is 61.9 Å². The van der Waals surface area contributed by atoms with Gasteiger partial charge in [0.25, 0.3) is 0 Å². The van der Waals surface area contributed by atoms with Gasteiger partial charge in [0, 0.05) is 30.6 Å². The van der Waals surface area contributed by atoms with Crippen LogP contribution in [0.3, 0.4) is 0 Å².